The molecule has 0 saturated heterocycles. The number of fused-ring (bicyclic) bond motifs is 5. The summed E-state index contributed by atoms with van der Waals surface area (Å²) >= 11 is 0. The first-order valence-corrected chi connectivity index (χ1v) is 14.2. The molecule has 0 heterocycles. The van der Waals surface area contributed by atoms with Crippen molar-refractivity contribution in [3.63, 3.8) is 0 Å². The van der Waals surface area contributed by atoms with Gasteiger partial charge < -0.3 is 20.1 Å². The van der Waals surface area contributed by atoms with Crippen LogP contribution in [0.1, 0.15) is 91.9 Å². The van der Waals surface area contributed by atoms with Crippen molar-refractivity contribution in [3.05, 3.63) is 0 Å². The zero-order valence-corrected chi connectivity index (χ0v) is 23.9. The van der Waals surface area contributed by atoms with Crippen molar-refractivity contribution in [1.29, 1.82) is 0 Å². The van der Waals surface area contributed by atoms with Gasteiger partial charge in [0.25, 0.3) is 0 Å². The lowest BCUT2D eigenvalue weighted by molar-refractivity contribution is -0.289. The van der Waals surface area contributed by atoms with Crippen molar-refractivity contribution < 1.29 is 39.4 Å². The molecule has 4 N–H and O–H groups in total. The Labute approximate surface area is 223 Å². The third-order valence-electron chi connectivity index (χ3n) is 10.9. The number of carbonyl (C=O) groups excluding carboxylic acids is 1. The van der Waals surface area contributed by atoms with Crippen LogP contribution >= 0.6 is 9.24 Å². The Balaban J connectivity index is 0.000000886. The molecule has 7 nitrogen and oxygen atoms in total. The van der Waals surface area contributed by atoms with Crippen LogP contribution in [-0.2, 0) is 14.4 Å². The van der Waals surface area contributed by atoms with Crippen molar-refractivity contribution in [2.45, 2.75) is 103 Å². The van der Waals surface area contributed by atoms with Crippen LogP contribution in [-0.4, -0.2) is 44.8 Å². The van der Waals surface area contributed by atoms with Gasteiger partial charge in [0, 0.05) is 18.8 Å². The highest BCUT2D eigenvalue weighted by Crippen LogP contribution is 2.70. The average Bonchev–Trinajstić information content (AvgIpc) is 3.19. The molecule has 11 unspecified atom stereocenters. The number of rotatable bonds is 6. The number of aliphatic hydroxyl groups excluding tert-OH is 1. The second-order valence-electron chi connectivity index (χ2n) is 12.9. The summed E-state index contributed by atoms with van der Waals surface area (Å²) in [5, 5.41) is 37.7. The van der Waals surface area contributed by atoms with Gasteiger partial charge in [-0.3, -0.25) is 4.79 Å². The lowest BCUT2D eigenvalue weighted by atomic mass is 9.42. The van der Waals surface area contributed by atoms with Gasteiger partial charge >= 0.3 is 5.97 Å². The first kappa shape index (κ1) is 30.6. The molecule has 37 heavy (non-hydrogen) atoms. The summed E-state index contributed by atoms with van der Waals surface area (Å²) in [5.41, 5.74) is 1.30. The number of hydrogen-bond donors (Lipinski definition) is 4. The van der Waals surface area contributed by atoms with E-state index in [-0.39, 0.29) is 53.3 Å². The van der Waals surface area contributed by atoms with Gasteiger partial charge in [-0.05, 0) is 104 Å². The Morgan fingerprint density at radius 1 is 1.08 bits per heavy atom. The molecule has 212 valence electrons. The van der Waals surface area contributed by atoms with Crippen LogP contribution in [0.5, 0.6) is 0 Å². The molecule has 0 bridgehead atoms. The van der Waals surface area contributed by atoms with Crippen LogP contribution in [0.2, 0.25) is 0 Å². The van der Waals surface area contributed by atoms with Gasteiger partial charge in [0.1, 0.15) is 6.11 Å². The van der Waals surface area contributed by atoms with Gasteiger partial charge in [0.05, 0.1) is 5.60 Å². The monoisotopic (exact) mass is 544 g/mol. The maximum Gasteiger partial charge on any atom is 0.307 e. The lowest BCUT2D eigenvalue weighted by Gasteiger charge is -2.64. The SMILES string of the molecule is CC(CCC(=O)OCOO)C1CCC2C3C(CCC12C)C1(C)CCC(C)(O)CC1CC3(O)F.OC#CP. The molecule has 0 aromatic rings. The summed E-state index contributed by atoms with van der Waals surface area (Å²) in [6, 6.07) is 0. The number of carbonyl (C=O) groups is 1. The van der Waals surface area contributed by atoms with Gasteiger partial charge in [0.15, 0.2) is 0 Å². The number of halogens is 1. The molecular formula is C28H46FO7P. The molecule has 4 saturated carbocycles. The van der Waals surface area contributed by atoms with E-state index in [1.807, 2.05) is 16.2 Å². The Kier molecular flexibility index (Phi) is 9.62. The Morgan fingerprint density at radius 3 is 2.35 bits per heavy atom. The summed E-state index contributed by atoms with van der Waals surface area (Å²) in [4.78, 5) is 15.7. The van der Waals surface area contributed by atoms with Crippen LogP contribution in [0.4, 0.5) is 4.39 Å². The third kappa shape index (κ3) is 6.12. The van der Waals surface area contributed by atoms with Crippen LogP contribution in [0, 0.1) is 58.1 Å². The summed E-state index contributed by atoms with van der Waals surface area (Å²) in [6.45, 7) is 8.14. The number of hydrogen-bond acceptors (Lipinski definition) is 7. The summed E-state index contributed by atoms with van der Waals surface area (Å²) in [7, 11) is 2.04. The van der Waals surface area contributed by atoms with Crippen LogP contribution < -0.4 is 0 Å². The molecule has 0 aromatic carbocycles. The van der Waals surface area contributed by atoms with Gasteiger partial charge in [-0.2, -0.15) is 4.89 Å². The van der Waals surface area contributed by atoms with Crippen LogP contribution in [0.15, 0.2) is 0 Å². The standard InChI is InChI=1S/C26H43FO6.C2H3OP/c1-16(5-8-21(28)32-15-33-31)18-6-7-19-22-20(9-10-25(18,19)4)24(3)12-11-23(2,29)13-17(24)14-26(22,27)30;3-1-2-4/h16-20,22,29-31H,5-15H2,1-4H3;3H,4H2. The quantitative estimate of drug-likeness (QED) is 0.0904. The number of esters is 1. The predicted octanol–water partition coefficient (Wildman–Crippen LogP) is 5.22. The molecule has 4 rings (SSSR count). The fraction of sp³-hybridized carbons (Fsp3) is 0.893. The van der Waals surface area contributed by atoms with Gasteiger partial charge in [-0.1, -0.05) is 30.0 Å². The third-order valence-corrected chi connectivity index (χ3v) is 11.0. The maximum absolute atomic E-state index is 16.1. The van der Waals surface area contributed by atoms with Crippen molar-refractivity contribution in [3.8, 4) is 11.8 Å². The predicted molar refractivity (Wildman–Crippen MR) is 140 cm³/mol. The molecule has 4 aliphatic rings. The smallest absolute Gasteiger partial charge is 0.307 e. The van der Waals surface area contributed by atoms with E-state index in [0.29, 0.717) is 18.8 Å². The van der Waals surface area contributed by atoms with Gasteiger partial charge in [-0.15, -0.1) is 0 Å². The van der Waals surface area contributed by atoms with E-state index in [9.17, 15) is 15.0 Å². The second-order valence-corrected chi connectivity index (χ2v) is 13.2. The zero-order chi connectivity index (χ0) is 27.6. The fourth-order valence-electron chi connectivity index (χ4n) is 9.07. The van der Waals surface area contributed by atoms with Crippen molar-refractivity contribution in [2.75, 3.05) is 6.79 Å². The molecule has 0 spiro atoms. The van der Waals surface area contributed by atoms with E-state index in [0.717, 1.165) is 38.5 Å². The number of ether oxygens (including phenoxy) is 1. The molecule has 4 fully saturated rings. The molecule has 0 radical (unpaired) electrons. The summed E-state index contributed by atoms with van der Waals surface area (Å²) in [6.07, 6.45) is 8.77. The van der Waals surface area contributed by atoms with E-state index >= 15 is 4.39 Å². The van der Waals surface area contributed by atoms with Gasteiger partial charge in [-0.25, -0.2) is 9.65 Å². The molecule has 11 atom stereocenters. The Hall–Kier alpha value is -0.970. The maximum atomic E-state index is 16.1. The number of alkyl halides is 1. The normalized spacial score (nSPS) is 45.1. The lowest BCUT2D eigenvalue weighted by Crippen LogP contribution is -2.63. The molecular weight excluding hydrogens is 498 g/mol. The fourth-order valence-corrected chi connectivity index (χ4v) is 9.07. The molecule has 9 heteroatoms. The van der Waals surface area contributed by atoms with E-state index in [1.165, 1.54) is 0 Å². The van der Waals surface area contributed by atoms with E-state index in [1.54, 1.807) is 6.11 Å². The average molecular weight is 545 g/mol. The first-order chi connectivity index (χ1) is 17.3. The topological polar surface area (TPSA) is 116 Å². The highest BCUT2D eigenvalue weighted by Gasteiger charge is 2.67. The largest absolute Gasteiger partial charge is 0.462 e. The minimum atomic E-state index is -2.19. The molecule has 0 amide bonds. The minimum absolute atomic E-state index is 0.00638. The van der Waals surface area contributed by atoms with E-state index in [2.05, 4.69) is 31.3 Å². The summed E-state index contributed by atoms with van der Waals surface area (Å²) < 4.78 is 20.9. The van der Waals surface area contributed by atoms with Crippen molar-refractivity contribution in [2.24, 2.45) is 46.3 Å². The van der Waals surface area contributed by atoms with Gasteiger partial charge in [0.2, 0.25) is 12.6 Å². The number of aliphatic hydroxyl groups is 3. The van der Waals surface area contributed by atoms with Crippen molar-refractivity contribution >= 4 is 15.2 Å². The molecule has 0 aromatic heterocycles. The Bertz CT molecular complexity index is 864. The van der Waals surface area contributed by atoms with Crippen LogP contribution in [0.3, 0.4) is 0 Å². The minimum Gasteiger partial charge on any atom is -0.462 e. The highest BCUT2D eigenvalue weighted by molar-refractivity contribution is 7.23. The molecule has 4 aliphatic carbocycles. The van der Waals surface area contributed by atoms with Crippen LogP contribution in [0.25, 0.3) is 0 Å². The summed E-state index contributed by atoms with van der Waals surface area (Å²) in [5.74, 6) is -2.01. The van der Waals surface area contributed by atoms with Crippen molar-refractivity contribution in [1.82, 2.24) is 0 Å². The van der Waals surface area contributed by atoms with E-state index in [4.69, 9.17) is 15.1 Å². The first-order valence-electron chi connectivity index (χ1n) is 13.7. The second kappa shape index (κ2) is 11.6. The van der Waals surface area contributed by atoms with E-state index < -0.39 is 24.2 Å². The molecule has 0 aliphatic heterocycles. The Morgan fingerprint density at radius 2 is 1.73 bits per heavy atom. The highest BCUT2D eigenvalue weighted by atomic mass is 31.0. The zero-order valence-electron chi connectivity index (χ0n) is 22.7.